The third-order valence-corrected chi connectivity index (χ3v) is 3.39. The third kappa shape index (κ3) is 4.35. The predicted octanol–water partition coefficient (Wildman–Crippen LogP) is 4.18. The van der Waals surface area contributed by atoms with Gasteiger partial charge in [-0.3, -0.25) is 4.79 Å². The summed E-state index contributed by atoms with van der Waals surface area (Å²) >= 11 is 0. The maximum atomic E-state index is 12.5. The van der Waals surface area contributed by atoms with Crippen molar-refractivity contribution in [1.82, 2.24) is 0 Å². The number of carbonyl (C=O) groups is 1. The minimum atomic E-state index is -4.32. The molecular formula is C17H16F3NO. The number of amides is 1. The van der Waals surface area contributed by atoms with Crippen molar-refractivity contribution >= 4 is 5.91 Å². The molecule has 1 amide bonds. The molecule has 0 fully saturated rings. The van der Waals surface area contributed by atoms with E-state index in [0.717, 1.165) is 35.2 Å². The second-order valence-corrected chi connectivity index (χ2v) is 5.09. The topological polar surface area (TPSA) is 43.1 Å². The number of rotatable bonds is 5. The lowest BCUT2D eigenvalue weighted by atomic mass is 10.0. The summed E-state index contributed by atoms with van der Waals surface area (Å²) < 4.78 is 37.6. The Morgan fingerprint density at radius 1 is 0.909 bits per heavy atom. The highest BCUT2D eigenvalue weighted by Crippen LogP contribution is 2.31. The molecule has 0 radical (unpaired) electrons. The van der Waals surface area contributed by atoms with Gasteiger partial charge in [0.1, 0.15) is 0 Å². The first-order valence-corrected chi connectivity index (χ1v) is 6.91. The van der Waals surface area contributed by atoms with Crippen molar-refractivity contribution in [3.8, 4) is 11.1 Å². The first-order chi connectivity index (χ1) is 10.4. The van der Waals surface area contributed by atoms with E-state index < -0.39 is 11.7 Å². The van der Waals surface area contributed by atoms with Gasteiger partial charge < -0.3 is 5.73 Å². The summed E-state index contributed by atoms with van der Waals surface area (Å²) in [5.41, 5.74) is 7.08. The molecule has 0 bridgehead atoms. The van der Waals surface area contributed by atoms with Crippen molar-refractivity contribution in [1.29, 1.82) is 0 Å². The van der Waals surface area contributed by atoms with Crippen LogP contribution in [0.15, 0.2) is 48.5 Å². The van der Waals surface area contributed by atoms with Crippen LogP contribution in [0.25, 0.3) is 11.1 Å². The Morgan fingerprint density at radius 2 is 1.41 bits per heavy atom. The Hall–Kier alpha value is -2.30. The molecule has 2 rings (SSSR count). The van der Waals surface area contributed by atoms with Crippen LogP contribution < -0.4 is 5.73 Å². The van der Waals surface area contributed by atoms with Crippen molar-refractivity contribution in [3.05, 3.63) is 59.7 Å². The molecule has 0 saturated heterocycles. The quantitative estimate of drug-likeness (QED) is 0.884. The maximum Gasteiger partial charge on any atom is 0.416 e. The number of hydrogen-bond donors (Lipinski definition) is 1. The van der Waals surface area contributed by atoms with Crippen molar-refractivity contribution < 1.29 is 18.0 Å². The van der Waals surface area contributed by atoms with Gasteiger partial charge in [0.2, 0.25) is 5.91 Å². The summed E-state index contributed by atoms with van der Waals surface area (Å²) in [7, 11) is 0. The molecule has 5 heteroatoms. The van der Waals surface area contributed by atoms with E-state index in [2.05, 4.69) is 0 Å². The molecule has 0 aliphatic carbocycles. The van der Waals surface area contributed by atoms with E-state index in [-0.39, 0.29) is 5.91 Å². The molecule has 2 nitrogen and oxygen atoms in total. The average molecular weight is 307 g/mol. The minimum absolute atomic E-state index is 0.318. The zero-order chi connectivity index (χ0) is 16.2. The fraction of sp³-hybridized carbons (Fsp3) is 0.235. The first kappa shape index (κ1) is 16.1. The lowest BCUT2D eigenvalue weighted by Gasteiger charge is -2.08. The molecule has 0 spiro atoms. The summed E-state index contributed by atoms with van der Waals surface area (Å²) in [5.74, 6) is -0.318. The van der Waals surface area contributed by atoms with E-state index in [1.165, 1.54) is 12.1 Å². The zero-order valence-electron chi connectivity index (χ0n) is 11.9. The number of hydrogen-bond acceptors (Lipinski definition) is 1. The van der Waals surface area contributed by atoms with Crippen LogP contribution in [-0.2, 0) is 17.4 Å². The van der Waals surface area contributed by atoms with Gasteiger partial charge in [-0.15, -0.1) is 0 Å². The molecule has 0 saturated carbocycles. The van der Waals surface area contributed by atoms with Gasteiger partial charge in [-0.05, 0) is 41.7 Å². The summed E-state index contributed by atoms with van der Waals surface area (Å²) in [5, 5.41) is 0. The molecule has 0 heterocycles. The van der Waals surface area contributed by atoms with Crippen LogP contribution in [0, 0.1) is 0 Å². The average Bonchev–Trinajstić information content (AvgIpc) is 2.47. The lowest BCUT2D eigenvalue weighted by Crippen LogP contribution is -2.10. The molecule has 0 aliphatic heterocycles. The molecule has 0 aliphatic rings. The lowest BCUT2D eigenvalue weighted by molar-refractivity contribution is -0.137. The highest BCUT2D eigenvalue weighted by atomic mass is 19.4. The van der Waals surface area contributed by atoms with Gasteiger partial charge in [0, 0.05) is 6.42 Å². The van der Waals surface area contributed by atoms with Gasteiger partial charge in [-0.25, -0.2) is 0 Å². The van der Waals surface area contributed by atoms with Crippen LogP contribution in [0.2, 0.25) is 0 Å². The maximum absolute atomic E-state index is 12.5. The molecule has 0 aromatic heterocycles. The Labute approximate surface area is 126 Å². The van der Waals surface area contributed by atoms with Crippen LogP contribution in [0.3, 0.4) is 0 Å². The van der Waals surface area contributed by atoms with Gasteiger partial charge in [-0.1, -0.05) is 36.4 Å². The van der Waals surface area contributed by atoms with Crippen LogP contribution in [0.4, 0.5) is 13.2 Å². The van der Waals surface area contributed by atoms with Crippen LogP contribution >= 0.6 is 0 Å². The molecule has 22 heavy (non-hydrogen) atoms. The predicted molar refractivity (Wildman–Crippen MR) is 79.0 cm³/mol. The Bertz CT molecular complexity index is 630. The van der Waals surface area contributed by atoms with Crippen LogP contribution in [-0.4, -0.2) is 5.91 Å². The molecular weight excluding hydrogens is 291 g/mol. The highest BCUT2D eigenvalue weighted by molar-refractivity contribution is 5.73. The summed E-state index contributed by atoms with van der Waals surface area (Å²) in [6, 6.07) is 12.6. The standard InChI is InChI=1S/C17H16F3NO/c18-17(19,20)15-10-8-14(9-11-15)13-6-4-12(5-7-13)2-1-3-16(21)22/h4-11H,1-3H2,(H2,21,22). The number of nitrogens with two attached hydrogens (primary N) is 1. The van der Waals surface area contributed by atoms with Gasteiger partial charge in [0.15, 0.2) is 0 Å². The van der Waals surface area contributed by atoms with Gasteiger partial charge >= 0.3 is 6.18 Å². The second kappa shape index (κ2) is 6.64. The van der Waals surface area contributed by atoms with Crippen molar-refractivity contribution in [2.24, 2.45) is 5.73 Å². The summed E-state index contributed by atoms with van der Waals surface area (Å²) in [6.45, 7) is 0. The SMILES string of the molecule is NC(=O)CCCc1ccc(-c2ccc(C(F)(F)F)cc2)cc1. The van der Waals surface area contributed by atoms with E-state index in [1.807, 2.05) is 24.3 Å². The summed E-state index contributed by atoms with van der Waals surface area (Å²) in [6.07, 6.45) is -2.53. The Morgan fingerprint density at radius 3 is 1.86 bits per heavy atom. The van der Waals surface area contributed by atoms with E-state index >= 15 is 0 Å². The fourth-order valence-electron chi connectivity index (χ4n) is 2.18. The molecule has 0 unspecified atom stereocenters. The van der Waals surface area contributed by atoms with Crippen LogP contribution in [0.5, 0.6) is 0 Å². The number of primary amides is 1. The fourth-order valence-corrected chi connectivity index (χ4v) is 2.18. The molecule has 0 atom stereocenters. The monoisotopic (exact) mass is 307 g/mol. The van der Waals surface area contributed by atoms with Gasteiger partial charge in [0.05, 0.1) is 5.56 Å². The van der Waals surface area contributed by atoms with E-state index in [1.54, 1.807) is 0 Å². The largest absolute Gasteiger partial charge is 0.416 e. The summed E-state index contributed by atoms with van der Waals surface area (Å²) in [4.78, 5) is 10.7. The number of aryl methyl sites for hydroxylation is 1. The number of benzene rings is 2. The number of alkyl halides is 3. The highest BCUT2D eigenvalue weighted by Gasteiger charge is 2.29. The van der Waals surface area contributed by atoms with E-state index in [9.17, 15) is 18.0 Å². The van der Waals surface area contributed by atoms with Crippen LogP contribution in [0.1, 0.15) is 24.0 Å². The molecule has 2 aromatic rings. The first-order valence-electron chi connectivity index (χ1n) is 6.91. The molecule has 2 aromatic carbocycles. The van der Waals surface area contributed by atoms with Gasteiger partial charge in [0.25, 0.3) is 0 Å². The molecule has 116 valence electrons. The minimum Gasteiger partial charge on any atom is -0.370 e. The Balaban J connectivity index is 2.05. The van der Waals surface area contributed by atoms with Crippen molar-refractivity contribution in [2.75, 3.05) is 0 Å². The van der Waals surface area contributed by atoms with E-state index in [4.69, 9.17) is 5.73 Å². The smallest absolute Gasteiger partial charge is 0.370 e. The van der Waals surface area contributed by atoms with Crippen molar-refractivity contribution in [3.63, 3.8) is 0 Å². The zero-order valence-corrected chi connectivity index (χ0v) is 11.9. The van der Waals surface area contributed by atoms with Crippen molar-refractivity contribution in [2.45, 2.75) is 25.4 Å². The number of halogens is 3. The van der Waals surface area contributed by atoms with Gasteiger partial charge in [-0.2, -0.15) is 13.2 Å². The third-order valence-electron chi connectivity index (χ3n) is 3.39. The Kier molecular flexibility index (Phi) is 4.85. The molecule has 2 N–H and O–H groups in total. The van der Waals surface area contributed by atoms with E-state index in [0.29, 0.717) is 12.8 Å². The second-order valence-electron chi connectivity index (χ2n) is 5.09. The normalized spacial score (nSPS) is 11.4. The number of carbonyl (C=O) groups excluding carboxylic acids is 1.